The predicted octanol–water partition coefficient (Wildman–Crippen LogP) is 5.20. The largest absolute Gasteiger partial charge is 0.368 e. The number of amides is 1. The molecular formula is C26H27ClN4O. The Morgan fingerprint density at radius 1 is 0.875 bits per heavy atom. The molecule has 4 rings (SSSR count). The summed E-state index contributed by atoms with van der Waals surface area (Å²) in [5.41, 5.74) is 4.87. The third-order valence-electron chi connectivity index (χ3n) is 5.47. The highest BCUT2D eigenvalue weighted by Crippen LogP contribution is 2.20. The van der Waals surface area contributed by atoms with Gasteiger partial charge in [0.15, 0.2) is 0 Å². The van der Waals surface area contributed by atoms with Gasteiger partial charge in [0.25, 0.3) is 5.91 Å². The van der Waals surface area contributed by atoms with Crippen molar-refractivity contribution in [3.63, 3.8) is 0 Å². The summed E-state index contributed by atoms with van der Waals surface area (Å²) in [6.07, 6.45) is 0. The summed E-state index contributed by atoms with van der Waals surface area (Å²) < 4.78 is 0. The van der Waals surface area contributed by atoms with Crippen molar-refractivity contribution in [1.29, 1.82) is 0 Å². The molecule has 1 N–H and O–H groups in total. The van der Waals surface area contributed by atoms with Crippen molar-refractivity contribution in [2.24, 2.45) is 4.99 Å². The second-order valence-electron chi connectivity index (χ2n) is 8.05. The van der Waals surface area contributed by atoms with Crippen molar-refractivity contribution in [3.8, 4) is 0 Å². The number of hydrogen-bond acceptors (Lipinski definition) is 3. The molecule has 3 aromatic carbocycles. The lowest BCUT2D eigenvalue weighted by Gasteiger charge is -2.37. The zero-order valence-electron chi connectivity index (χ0n) is 18.4. The summed E-state index contributed by atoms with van der Waals surface area (Å²) >= 11 is 5.98. The third kappa shape index (κ3) is 5.48. The van der Waals surface area contributed by atoms with Gasteiger partial charge in [-0.25, -0.2) is 4.99 Å². The van der Waals surface area contributed by atoms with Gasteiger partial charge < -0.3 is 9.80 Å². The van der Waals surface area contributed by atoms with Crippen molar-refractivity contribution in [3.05, 3.63) is 94.5 Å². The fourth-order valence-electron chi connectivity index (χ4n) is 3.91. The van der Waals surface area contributed by atoms with E-state index in [0.29, 0.717) is 16.5 Å². The van der Waals surface area contributed by atoms with Gasteiger partial charge >= 0.3 is 0 Å². The molecule has 0 saturated carbocycles. The summed E-state index contributed by atoms with van der Waals surface area (Å²) in [5.74, 6) is 0.373. The number of halogens is 1. The van der Waals surface area contributed by atoms with Crippen molar-refractivity contribution in [2.75, 3.05) is 31.1 Å². The lowest BCUT2D eigenvalue weighted by Crippen LogP contribution is -2.53. The molecule has 5 nitrogen and oxygen atoms in total. The maximum Gasteiger partial charge on any atom is 0.257 e. The number of nitrogens with zero attached hydrogens (tertiary/aromatic N) is 3. The molecule has 0 aliphatic carbocycles. The summed E-state index contributed by atoms with van der Waals surface area (Å²) in [6, 6.07) is 23.4. The minimum absolute atomic E-state index is 0.199. The molecule has 0 aromatic heterocycles. The minimum atomic E-state index is -0.199. The van der Waals surface area contributed by atoms with E-state index in [1.165, 1.54) is 5.69 Å². The molecule has 1 saturated heterocycles. The maximum absolute atomic E-state index is 12.9. The third-order valence-corrected chi connectivity index (χ3v) is 5.73. The Morgan fingerprint density at radius 3 is 2.12 bits per heavy atom. The van der Waals surface area contributed by atoms with E-state index in [-0.39, 0.29) is 5.91 Å². The van der Waals surface area contributed by atoms with Crippen LogP contribution in [-0.2, 0) is 0 Å². The average Bonchev–Trinajstić information content (AvgIpc) is 2.79. The van der Waals surface area contributed by atoms with E-state index < -0.39 is 0 Å². The first-order valence-electron chi connectivity index (χ1n) is 10.8. The molecule has 0 bridgehead atoms. The lowest BCUT2D eigenvalue weighted by atomic mass is 10.1. The maximum atomic E-state index is 12.9. The molecule has 1 heterocycles. The number of hydrogen-bond donors (Lipinski definition) is 1. The van der Waals surface area contributed by atoms with Crippen LogP contribution in [-0.4, -0.2) is 42.9 Å². The van der Waals surface area contributed by atoms with Crippen LogP contribution in [0.15, 0.2) is 77.8 Å². The summed E-state index contributed by atoms with van der Waals surface area (Å²) in [5, 5.41) is 3.64. The van der Waals surface area contributed by atoms with Gasteiger partial charge in [0.1, 0.15) is 0 Å². The molecule has 0 spiro atoms. The molecule has 1 fully saturated rings. The molecule has 1 aliphatic heterocycles. The van der Waals surface area contributed by atoms with Crippen LogP contribution in [0.1, 0.15) is 21.5 Å². The molecule has 1 aliphatic rings. The highest BCUT2D eigenvalue weighted by Gasteiger charge is 2.22. The predicted molar refractivity (Wildman–Crippen MR) is 132 cm³/mol. The van der Waals surface area contributed by atoms with Crippen LogP contribution < -0.4 is 10.2 Å². The van der Waals surface area contributed by atoms with E-state index in [2.05, 4.69) is 59.3 Å². The monoisotopic (exact) mass is 446 g/mol. The Hall–Kier alpha value is -3.31. The standard InChI is InChI=1S/C26H27ClN4O/c1-19-16-20(2)18-23(17-19)28-26(29-25(32)21-8-10-22(27)11-9-21)31-14-12-30(13-15-31)24-6-4-3-5-7-24/h3-11,16-18H,12-15H2,1-2H3,(H,28,29,32). The molecule has 164 valence electrons. The fourth-order valence-corrected chi connectivity index (χ4v) is 4.03. The van der Waals surface area contributed by atoms with E-state index in [9.17, 15) is 4.79 Å². The van der Waals surface area contributed by atoms with Gasteiger partial charge in [0.05, 0.1) is 5.69 Å². The number of para-hydroxylation sites is 1. The lowest BCUT2D eigenvalue weighted by molar-refractivity contribution is 0.0972. The van der Waals surface area contributed by atoms with Gasteiger partial charge in [-0.15, -0.1) is 0 Å². The summed E-state index contributed by atoms with van der Waals surface area (Å²) in [7, 11) is 0. The molecule has 1 amide bonds. The Morgan fingerprint density at radius 2 is 1.50 bits per heavy atom. The zero-order chi connectivity index (χ0) is 22.5. The molecule has 32 heavy (non-hydrogen) atoms. The Bertz CT molecular complexity index is 1080. The van der Waals surface area contributed by atoms with Crippen molar-refractivity contribution in [2.45, 2.75) is 13.8 Å². The van der Waals surface area contributed by atoms with E-state index in [4.69, 9.17) is 16.6 Å². The second-order valence-corrected chi connectivity index (χ2v) is 8.49. The van der Waals surface area contributed by atoms with Gasteiger partial charge in [-0.1, -0.05) is 35.9 Å². The molecule has 3 aromatic rings. The van der Waals surface area contributed by atoms with Crippen molar-refractivity contribution in [1.82, 2.24) is 10.2 Å². The Balaban J connectivity index is 1.56. The number of benzene rings is 3. The second kappa shape index (κ2) is 9.88. The van der Waals surface area contributed by atoms with Gasteiger partial charge in [0.2, 0.25) is 5.96 Å². The van der Waals surface area contributed by atoms with E-state index in [1.54, 1.807) is 24.3 Å². The highest BCUT2D eigenvalue weighted by molar-refractivity contribution is 6.30. The number of rotatable bonds is 3. The topological polar surface area (TPSA) is 47.9 Å². The first-order chi connectivity index (χ1) is 15.5. The van der Waals surface area contributed by atoms with Crippen LogP contribution in [0.3, 0.4) is 0 Å². The van der Waals surface area contributed by atoms with Crippen LogP contribution in [0.5, 0.6) is 0 Å². The van der Waals surface area contributed by atoms with Crippen LogP contribution in [0.4, 0.5) is 11.4 Å². The van der Waals surface area contributed by atoms with Crippen molar-refractivity contribution < 1.29 is 4.79 Å². The number of guanidine groups is 1. The quantitative estimate of drug-likeness (QED) is 0.444. The SMILES string of the molecule is Cc1cc(C)cc(N=C(NC(=O)c2ccc(Cl)cc2)N2CCN(c3ccccc3)CC2)c1. The molecule has 0 atom stereocenters. The number of aryl methyl sites for hydroxylation is 2. The van der Waals surface area contributed by atoms with Gasteiger partial charge in [0, 0.05) is 42.5 Å². The van der Waals surface area contributed by atoms with Gasteiger partial charge in [-0.2, -0.15) is 0 Å². The van der Waals surface area contributed by atoms with E-state index in [0.717, 1.165) is 43.0 Å². The van der Waals surface area contributed by atoms with E-state index >= 15 is 0 Å². The van der Waals surface area contributed by atoms with Crippen molar-refractivity contribution >= 4 is 34.8 Å². The molecule has 6 heteroatoms. The first-order valence-corrected chi connectivity index (χ1v) is 11.1. The first kappa shape index (κ1) is 21.9. The van der Waals surface area contributed by atoms with Gasteiger partial charge in [-0.3, -0.25) is 10.1 Å². The molecule has 0 unspecified atom stereocenters. The van der Waals surface area contributed by atoms with Gasteiger partial charge in [-0.05, 0) is 73.5 Å². The number of carbonyl (C=O) groups excluding carboxylic acids is 1. The normalized spacial score (nSPS) is 14.4. The number of anilines is 1. The number of carbonyl (C=O) groups is 1. The van der Waals surface area contributed by atoms with Crippen LogP contribution >= 0.6 is 11.6 Å². The summed E-state index contributed by atoms with van der Waals surface area (Å²) in [6.45, 7) is 7.34. The fraction of sp³-hybridized carbons (Fsp3) is 0.231. The smallest absolute Gasteiger partial charge is 0.257 e. The number of nitrogens with one attached hydrogen (secondary N) is 1. The van der Waals surface area contributed by atoms with Crippen LogP contribution in [0, 0.1) is 13.8 Å². The summed E-state index contributed by atoms with van der Waals surface area (Å²) in [4.78, 5) is 22.3. The zero-order valence-corrected chi connectivity index (χ0v) is 19.1. The molecular weight excluding hydrogens is 420 g/mol. The van der Waals surface area contributed by atoms with Crippen LogP contribution in [0.2, 0.25) is 5.02 Å². The molecule has 0 radical (unpaired) electrons. The highest BCUT2D eigenvalue weighted by atomic mass is 35.5. The average molecular weight is 447 g/mol. The van der Waals surface area contributed by atoms with Crippen LogP contribution in [0.25, 0.3) is 0 Å². The minimum Gasteiger partial charge on any atom is -0.368 e. The Kier molecular flexibility index (Phi) is 6.76. The number of aliphatic imine (C=N–C) groups is 1. The Labute approximate surface area is 194 Å². The van der Waals surface area contributed by atoms with E-state index in [1.807, 2.05) is 18.2 Å². The number of piperazine rings is 1.